The highest BCUT2D eigenvalue weighted by Gasteiger charge is 2.30. The predicted octanol–water partition coefficient (Wildman–Crippen LogP) is 3.89. The Bertz CT molecular complexity index is 661. The third-order valence-corrected chi connectivity index (χ3v) is 4.75. The van der Waals surface area contributed by atoms with Gasteiger partial charge in [-0.3, -0.25) is 4.79 Å². The summed E-state index contributed by atoms with van der Waals surface area (Å²) in [7, 11) is 0. The van der Waals surface area contributed by atoms with Crippen LogP contribution in [0.2, 0.25) is 0 Å². The number of hydrogen-bond donors (Lipinski definition) is 1. The second-order valence-corrected chi connectivity index (χ2v) is 8.41. The van der Waals surface area contributed by atoms with Gasteiger partial charge in [0.05, 0.1) is 10.4 Å². The molecule has 1 N–H and O–H groups in total. The van der Waals surface area contributed by atoms with Crippen LogP contribution in [0.4, 0.5) is 9.18 Å². The Balaban J connectivity index is 1.81. The number of nitrogens with one attached hydrogen (secondary N) is 1. The summed E-state index contributed by atoms with van der Waals surface area (Å²) >= 11 is 3.16. The molecule has 1 aromatic carbocycles. The molecule has 1 aliphatic rings. The molecule has 0 aromatic heterocycles. The second kappa shape index (κ2) is 8.84. The van der Waals surface area contributed by atoms with Gasteiger partial charge in [0.2, 0.25) is 5.91 Å². The first-order valence-corrected chi connectivity index (χ1v) is 9.64. The van der Waals surface area contributed by atoms with Gasteiger partial charge in [-0.15, -0.1) is 0 Å². The minimum atomic E-state index is -0.546. The number of nitrogens with zero attached hydrogens (tertiary/aromatic N) is 1. The van der Waals surface area contributed by atoms with Crippen LogP contribution in [-0.2, 0) is 16.0 Å². The lowest BCUT2D eigenvalue weighted by molar-refractivity contribution is -0.126. The summed E-state index contributed by atoms with van der Waals surface area (Å²) < 4.78 is 19.0. The summed E-state index contributed by atoms with van der Waals surface area (Å²) in [5, 5.41) is 2.92. The first-order chi connectivity index (χ1) is 12.2. The summed E-state index contributed by atoms with van der Waals surface area (Å²) in [5.41, 5.74) is 0.396. The Morgan fingerprint density at radius 3 is 2.77 bits per heavy atom. The number of amides is 2. The fourth-order valence-corrected chi connectivity index (χ4v) is 3.28. The van der Waals surface area contributed by atoms with Gasteiger partial charge >= 0.3 is 6.09 Å². The van der Waals surface area contributed by atoms with Crippen molar-refractivity contribution in [2.75, 3.05) is 19.6 Å². The lowest BCUT2D eigenvalue weighted by Gasteiger charge is -2.33. The van der Waals surface area contributed by atoms with E-state index in [9.17, 15) is 14.0 Å². The summed E-state index contributed by atoms with van der Waals surface area (Å²) in [4.78, 5) is 26.2. The van der Waals surface area contributed by atoms with Crippen LogP contribution >= 0.6 is 15.9 Å². The number of rotatable bonds is 4. The topological polar surface area (TPSA) is 58.6 Å². The highest BCUT2D eigenvalue weighted by atomic mass is 79.9. The number of carbonyl (C=O) groups is 2. The molecule has 0 saturated carbocycles. The number of ether oxygens (including phenoxy) is 1. The van der Waals surface area contributed by atoms with Gasteiger partial charge in [0, 0.05) is 19.6 Å². The molecule has 1 unspecified atom stereocenters. The zero-order valence-corrected chi connectivity index (χ0v) is 17.1. The van der Waals surface area contributed by atoms with Crippen molar-refractivity contribution < 1.29 is 18.7 Å². The molecule has 26 heavy (non-hydrogen) atoms. The maximum atomic E-state index is 13.2. The Hall–Kier alpha value is -1.63. The van der Waals surface area contributed by atoms with E-state index in [-0.39, 0.29) is 23.7 Å². The number of halogens is 2. The first kappa shape index (κ1) is 20.7. The highest BCUT2D eigenvalue weighted by molar-refractivity contribution is 9.10. The number of piperidine rings is 1. The van der Waals surface area contributed by atoms with Gasteiger partial charge in [-0.2, -0.15) is 0 Å². The van der Waals surface area contributed by atoms with Gasteiger partial charge in [-0.1, -0.05) is 6.07 Å². The Morgan fingerprint density at radius 1 is 1.38 bits per heavy atom. The fraction of sp³-hybridized carbons (Fsp3) is 0.579. The molecular weight excluding hydrogens is 403 g/mol. The smallest absolute Gasteiger partial charge is 0.410 e. The lowest BCUT2D eigenvalue weighted by Crippen LogP contribution is -2.47. The molecule has 7 heteroatoms. The Morgan fingerprint density at radius 2 is 2.12 bits per heavy atom. The summed E-state index contributed by atoms with van der Waals surface area (Å²) in [6, 6.07) is 4.82. The lowest BCUT2D eigenvalue weighted by atomic mass is 9.97. The maximum absolute atomic E-state index is 13.2. The van der Waals surface area contributed by atoms with E-state index in [0.717, 1.165) is 18.4 Å². The molecule has 0 aliphatic carbocycles. The zero-order valence-electron chi connectivity index (χ0n) is 15.5. The van der Waals surface area contributed by atoms with E-state index in [0.29, 0.717) is 30.5 Å². The molecule has 2 rings (SSSR count). The van der Waals surface area contributed by atoms with Gasteiger partial charge in [0.1, 0.15) is 11.4 Å². The van der Waals surface area contributed by atoms with Crippen molar-refractivity contribution in [3.05, 3.63) is 34.1 Å². The van der Waals surface area contributed by atoms with E-state index >= 15 is 0 Å². The second-order valence-electron chi connectivity index (χ2n) is 7.55. The fourth-order valence-electron chi connectivity index (χ4n) is 2.85. The molecule has 1 aromatic rings. The minimum absolute atomic E-state index is 0.0561. The Kier molecular flexibility index (Phi) is 7.03. The molecule has 1 atom stereocenters. The van der Waals surface area contributed by atoms with Crippen LogP contribution in [0.3, 0.4) is 0 Å². The monoisotopic (exact) mass is 428 g/mol. The highest BCUT2D eigenvalue weighted by Crippen LogP contribution is 2.20. The summed E-state index contributed by atoms with van der Waals surface area (Å²) in [6.07, 6.45) is 1.79. The van der Waals surface area contributed by atoms with Gasteiger partial charge in [0.15, 0.2) is 0 Å². The molecule has 1 fully saturated rings. The van der Waals surface area contributed by atoms with Crippen molar-refractivity contribution in [3.63, 3.8) is 0 Å². The third kappa shape index (κ3) is 6.27. The minimum Gasteiger partial charge on any atom is -0.444 e. The molecule has 1 aliphatic heterocycles. The average molecular weight is 429 g/mol. The molecule has 1 heterocycles. The van der Waals surface area contributed by atoms with Crippen LogP contribution in [0.25, 0.3) is 0 Å². The molecule has 1 saturated heterocycles. The van der Waals surface area contributed by atoms with Crippen LogP contribution in [0.15, 0.2) is 22.7 Å². The third-order valence-electron chi connectivity index (χ3n) is 4.14. The van der Waals surface area contributed by atoms with Crippen LogP contribution in [0, 0.1) is 11.7 Å². The van der Waals surface area contributed by atoms with Gasteiger partial charge in [-0.25, -0.2) is 9.18 Å². The average Bonchev–Trinajstić information content (AvgIpc) is 2.56. The maximum Gasteiger partial charge on any atom is 0.410 e. The van der Waals surface area contributed by atoms with Crippen molar-refractivity contribution in [1.82, 2.24) is 10.2 Å². The normalized spacial score (nSPS) is 17.7. The van der Waals surface area contributed by atoms with E-state index in [2.05, 4.69) is 21.2 Å². The molecule has 0 radical (unpaired) electrons. The first-order valence-electron chi connectivity index (χ1n) is 8.85. The van der Waals surface area contributed by atoms with Gasteiger partial charge in [0.25, 0.3) is 0 Å². The molecule has 0 spiro atoms. The number of carbonyl (C=O) groups excluding carboxylic acids is 2. The van der Waals surface area contributed by atoms with E-state index in [1.54, 1.807) is 17.0 Å². The molecule has 5 nitrogen and oxygen atoms in total. The predicted molar refractivity (Wildman–Crippen MR) is 101 cm³/mol. The molecule has 2 amide bonds. The van der Waals surface area contributed by atoms with Gasteiger partial charge < -0.3 is 15.0 Å². The standard InChI is InChI=1S/C19H26BrFN2O3/c1-19(2,3)26-18(25)23-10-4-5-14(12-23)17(24)22-9-8-13-6-7-16(21)15(20)11-13/h6-7,11,14H,4-5,8-10,12H2,1-3H3,(H,22,24). The number of likely N-dealkylation sites (tertiary alicyclic amines) is 1. The molecular formula is C19H26BrFN2O3. The van der Waals surface area contributed by atoms with E-state index < -0.39 is 5.60 Å². The molecule has 144 valence electrons. The van der Waals surface area contributed by atoms with Gasteiger partial charge in [-0.05, 0) is 73.7 Å². The van der Waals surface area contributed by atoms with Crippen molar-refractivity contribution in [2.24, 2.45) is 5.92 Å². The van der Waals surface area contributed by atoms with Crippen LogP contribution in [0.1, 0.15) is 39.2 Å². The van der Waals surface area contributed by atoms with Crippen LogP contribution in [0.5, 0.6) is 0 Å². The van der Waals surface area contributed by atoms with E-state index in [1.807, 2.05) is 20.8 Å². The van der Waals surface area contributed by atoms with Crippen LogP contribution in [-0.4, -0.2) is 42.1 Å². The van der Waals surface area contributed by atoms with Crippen molar-refractivity contribution >= 4 is 27.9 Å². The number of benzene rings is 1. The van der Waals surface area contributed by atoms with Crippen molar-refractivity contribution in [1.29, 1.82) is 0 Å². The largest absolute Gasteiger partial charge is 0.444 e. The summed E-state index contributed by atoms with van der Waals surface area (Å²) in [5.74, 6) is -0.585. The van der Waals surface area contributed by atoms with Crippen molar-refractivity contribution in [2.45, 2.75) is 45.6 Å². The summed E-state index contributed by atoms with van der Waals surface area (Å²) in [6.45, 7) is 6.94. The Labute approximate surface area is 162 Å². The van der Waals surface area contributed by atoms with Crippen molar-refractivity contribution in [3.8, 4) is 0 Å². The molecule has 0 bridgehead atoms. The van der Waals surface area contributed by atoms with Crippen LogP contribution < -0.4 is 5.32 Å². The zero-order chi connectivity index (χ0) is 19.3. The quantitative estimate of drug-likeness (QED) is 0.790. The van der Waals surface area contributed by atoms with E-state index in [1.165, 1.54) is 6.07 Å². The number of hydrogen-bond acceptors (Lipinski definition) is 3. The van der Waals surface area contributed by atoms with E-state index in [4.69, 9.17) is 4.74 Å². The SMILES string of the molecule is CC(C)(C)OC(=O)N1CCCC(C(=O)NCCc2ccc(F)c(Br)c2)C1.